The highest BCUT2D eigenvalue weighted by Crippen LogP contribution is 2.42. The van der Waals surface area contributed by atoms with Crippen LogP contribution >= 0.6 is 11.7 Å². The number of benzene rings is 3. The quantitative estimate of drug-likeness (QED) is 0.299. The molecule has 3 aromatic carbocycles. The Hall–Kier alpha value is -4.11. The second kappa shape index (κ2) is 9.03. The molecule has 0 aliphatic rings. The molecule has 0 bridgehead atoms. The number of carbonyl (C=O) groups is 1. The minimum Gasteiger partial charge on any atom is -0.497 e. The first-order chi connectivity index (χ1) is 16.6. The lowest BCUT2D eigenvalue weighted by molar-refractivity contribution is 0.118. The van der Waals surface area contributed by atoms with E-state index in [1.54, 1.807) is 14.2 Å². The summed E-state index contributed by atoms with van der Waals surface area (Å²) in [5.41, 5.74) is 5.15. The topological polar surface area (TPSA) is 84.7 Å². The lowest BCUT2D eigenvalue weighted by atomic mass is 10.0. The summed E-state index contributed by atoms with van der Waals surface area (Å²) in [6, 6.07) is 19.3. The summed E-state index contributed by atoms with van der Waals surface area (Å²) in [4.78, 5) is 12.3. The van der Waals surface area contributed by atoms with Crippen LogP contribution in [-0.4, -0.2) is 40.8 Å². The van der Waals surface area contributed by atoms with Gasteiger partial charge in [-0.3, -0.25) is 0 Å². The fourth-order valence-electron chi connectivity index (χ4n) is 3.97. The normalized spacial score (nSPS) is 11.0. The molecule has 0 saturated carbocycles. The van der Waals surface area contributed by atoms with Crippen molar-refractivity contribution in [2.75, 3.05) is 21.3 Å². The molecule has 5 rings (SSSR count). The number of ether oxygens (including phenoxy) is 4. The molecule has 0 unspecified atom stereocenters. The molecule has 8 nitrogen and oxygen atoms in total. The van der Waals surface area contributed by atoms with Crippen molar-refractivity contribution in [2.45, 2.75) is 6.54 Å². The lowest BCUT2D eigenvalue weighted by Gasteiger charge is -2.12. The monoisotopic (exact) mass is 475 g/mol. The van der Waals surface area contributed by atoms with Gasteiger partial charge in [0.2, 0.25) is 5.88 Å². The fourth-order valence-corrected chi connectivity index (χ4v) is 4.48. The van der Waals surface area contributed by atoms with E-state index in [-0.39, 0.29) is 0 Å². The highest BCUT2D eigenvalue weighted by atomic mass is 32.1. The second-order valence-electron chi connectivity index (χ2n) is 7.52. The molecule has 0 atom stereocenters. The van der Waals surface area contributed by atoms with Crippen LogP contribution in [-0.2, 0) is 11.3 Å². The van der Waals surface area contributed by atoms with E-state index >= 15 is 0 Å². The third kappa shape index (κ3) is 3.90. The zero-order valence-electron chi connectivity index (χ0n) is 18.8. The van der Waals surface area contributed by atoms with E-state index in [0.717, 1.165) is 44.4 Å². The van der Waals surface area contributed by atoms with E-state index in [1.807, 2.05) is 65.2 Å². The molecule has 0 amide bonds. The van der Waals surface area contributed by atoms with Crippen LogP contribution in [0, 0.1) is 0 Å². The van der Waals surface area contributed by atoms with Gasteiger partial charge in [0.15, 0.2) is 0 Å². The average Bonchev–Trinajstić information content (AvgIpc) is 3.46. The summed E-state index contributed by atoms with van der Waals surface area (Å²) in [6.07, 6.45) is -0.801. The zero-order valence-corrected chi connectivity index (χ0v) is 19.6. The summed E-state index contributed by atoms with van der Waals surface area (Å²) in [5, 5.41) is 0.875. The summed E-state index contributed by atoms with van der Waals surface area (Å²) < 4.78 is 32.0. The summed E-state index contributed by atoms with van der Waals surface area (Å²) in [7, 11) is 4.52. The van der Waals surface area contributed by atoms with Gasteiger partial charge in [0.25, 0.3) is 0 Å². The number of hydrogen-bond donors (Lipinski definition) is 0. The predicted molar refractivity (Wildman–Crippen MR) is 130 cm³/mol. The third-order valence-electron chi connectivity index (χ3n) is 5.61. The second-order valence-corrected chi connectivity index (χ2v) is 8.05. The molecule has 172 valence electrons. The van der Waals surface area contributed by atoms with E-state index in [0.29, 0.717) is 18.2 Å². The molecule has 0 fully saturated rings. The van der Waals surface area contributed by atoms with Gasteiger partial charge in [0.05, 0.1) is 50.7 Å². The smallest absolute Gasteiger partial charge is 0.497 e. The van der Waals surface area contributed by atoms with E-state index in [4.69, 9.17) is 18.9 Å². The maximum Gasteiger partial charge on any atom is 0.514 e. The van der Waals surface area contributed by atoms with Crippen molar-refractivity contribution < 1.29 is 23.7 Å². The van der Waals surface area contributed by atoms with Gasteiger partial charge in [0.1, 0.15) is 22.5 Å². The highest BCUT2D eigenvalue weighted by molar-refractivity contribution is 7.00. The van der Waals surface area contributed by atoms with Crippen LogP contribution in [0.4, 0.5) is 4.79 Å². The summed E-state index contributed by atoms with van der Waals surface area (Å²) in [5.74, 6) is 1.79. The standard InChI is InChI=1S/C25H21N3O5S/c1-30-17-7-5-16(6-8-17)23-19-13-18(31-2)9-11-22(19)28(24(23)33-25(29)32-3)14-15-4-10-20-21(12-15)27-34-26-20/h4-13H,14H2,1-3H3. The molecule has 5 aromatic rings. The van der Waals surface area contributed by atoms with Crippen molar-refractivity contribution in [1.29, 1.82) is 0 Å². The predicted octanol–water partition coefficient (Wildman–Crippen LogP) is 5.52. The van der Waals surface area contributed by atoms with Crippen molar-refractivity contribution in [3.8, 4) is 28.5 Å². The first-order valence-corrected chi connectivity index (χ1v) is 11.2. The number of methoxy groups -OCH3 is 3. The number of rotatable bonds is 6. The Balaban J connectivity index is 1.74. The van der Waals surface area contributed by atoms with Crippen molar-refractivity contribution in [3.05, 3.63) is 66.2 Å². The van der Waals surface area contributed by atoms with Gasteiger partial charge in [-0.2, -0.15) is 8.75 Å². The largest absolute Gasteiger partial charge is 0.514 e. The van der Waals surface area contributed by atoms with Crippen LogP contribution in [0.2, 0.25) is 0 Å². The molecule has 2 aromatic heterocycles. The highest BCUT2D eigenvalue weighted by Gasteiger charge is 2.24. The van der Waals surface area contributed by atoms with Gasteiger partial charge < -0.3 is 23.5 Å². The van der Waals surface area contributed by atoms with Crippen molar-refractivity contribution in [1.82, 2.24) is 13.3 Å². The third-order valence-corrected chi connectivity index (χ3v) is 6.16. The molecule has 2 heterocycles. The number of hydrogen-bond acceptors (Lipinski definition) is 8. The van der Waals surface area contributed by atoms with Crippen LogP contribution in [0.15, 0.2) is 60.7 Å². The van der Waals surface area contributed by atoms with Crippen LogP contribution in [0.25, 0.3) is 33.1 Å². The molecule has 0 saturated heterocycles. The van der Waals surface area contributed by atoms with Crippen molar-refractivity contribution >= 4 is 39.8 Å². The maximum absolute atomic E-state index is 12.3. The Morgan fingerprint density at radius 1 is 0.882 bits per heavy atom. The van der Waals surface area contributed by atoms with Crippen molar-refractivity contribution in [3.63, 3.8) is 0 Å². The molecule has 34 heavy (non-hydrogen) atoms. The van der Waals surface area contributed by atoms with Gasteiger partial charge in [0, 0.05) is 5.39 Å². The van der Waals surface area contributed by atoms with Gasteiger partial charge in [-0.1, -0.05) is 18.2 Å². The summed E-state index contributed by atoms with van der Waals surface area (Å²) in [6.45, 7) is 0.443. The van der Waals surface area contributed by atoms with Gasteiger partial charge >= 0.3 is 6.16 Å². The maximum atomic E-state index is 12.3. The zero-order chi connectivity index (χ0) is 23.7. The first kappa shape index (κ1) is 21.7. The molecule has 0 radical (unpaired) electrons. The Kier molecular flexibility index (Phi) is 5.77. The van der Waals surface area contributed by atoms with Gasteiger partial charge in [-0.05, 0) is 53.6 Å². The van der Waals surface area contributed by atoms with Crippen LogP contribution < -0.4 is 14.2 Å². The molecule has 9 heteroatoms. The lowest BCUT2D eigenvalue weighted by Crippen LogP contribution is -2.12. The van der Waals surface area contributed by atoms with E-state index in [2.05, 4.69) is 8.75 Å². The molecule has 0 N–H and O–H groups in total. The molecule has 0 aliphatic carbocycles. The Bertz CT molecular complexity index is 1490. The minimum atomic E-state index is -0.801. The molecular weight excluding hydrogens is 454 g/mol. The van der Waals surface area contributed by atoms with Gasteiger partial charge in [-0.15, -0.1) is 0 Å². The van der Waals surface area contributed by atoms with Crippen LogP contribution in [0.5, 0.6) is 17.4 Å². The number of aromatic nitrogens is 3. The Labute approximate surface area is 199 Å². The molecule has 0 spiro atoms. The first-order valence-electron chi connectivity index (χ1n) is 10.4. The fraction of sp³-hybridized carbons (Fsp3) is 0.160. The molecular formula is C25H21N3O5S. The Morgan fingerprint density at radius 2 is 1.62 bits per heavy atom. The SMILES string of the molecule is COC(=O)Oc1c(-c2ccc(OC)cc2)c2cc(OC)ccc2n1Cc1ccc2nsnc2c1. The van der Waals surface area contributed by atoms with Gasteiger partial charge in [-0.25, -0.2) is 4.79 Å². The average molecular weight is 476 g/mol. The molecule has 0 aliphatic heterocycles. The van der Waals surface area contributed by atoms with E-state index in [1.165, 1.54) is 18.8 Å². The Morgan fingerprint density at radius 3 is 2.35 bits per heavy atom. The van der Waals surface area contributed by atoms with Crippen molar-refractivity contribution in [2.24, 2.45) is 0 Å². The van der Waals surface area contributed by atoms with E-state index in [9.17, 15) is 4.79 Å². The minimum absolute atomic E-state index is 0.372. The van der Waals surface area contributed by atoms with Crippen LogP contribution in [0.1, 0.15) is 5.56 Å². The number of fused-ring (bicyclic) bond motifs is 2. The number of nitrogens with zero attached hydrogens (tertiary/aromatic N) is 3. The summed E-state index contributed by atoms with van der Waals surface area (Å²) >= 11 is 1.18. The van der Waals surface area contributed by atoms with E-state index < -0.39 is 6.16 Å². The van der Waals surface area contributed by atoms with Crippen LogP contribution in [0.3, 0.4) is 0 Å². The number of carbonyl (C=O) groups excluding carboxylic acids is 1.